The molecule has 58 valence electrons. The van der Waals surface area contributed by atoms with E-state index in [1.54, 1.807) is 0 Å². The maximum atomic E-state index is 8.89. The lowest BCUT2D eigenvalue weighted by molar-refractivity contribution is 0.201. The SMILES string of the molecule is C=C1CN(S)C(CO)C1C. The first-order valence-corrected chi connectivity index (χ1v) is 3.81. The summed E-state index contributed by atoms with van der Waals surface area (Å²) in [5, 5.41) is 8.89. The van der Waals surface area contributed by atoms with Crippen LogP contribution in [0.1, 0.15) is 6.92 Å². The van der Waals surface area contributed by atoms with Crippen LogP contribution in [-0.2, 0) is 0 Å². The van der Waals surface area contributed by atoms with E-state index in [9.17, 15) is 0 Å². The van der Waals surface area contributed by atoms with Gasteiger partial charge in [0.05, 0.1) is 6.61 Å². The Morgan fingerprint density at radius 3 is 2.70 bits per heavy atom. The van der Waals surface area contributed by atoms with Crippen LogP contribution >= 0.6 is 12.8 Å². The first kappa shape index (κ1) is 8.11. The summed E-state index contributed by atoms with van der Waals surface area (Å²) in [6.07, 6.45) is 0. The molecule has 3 heteroatoms. The fraction of sp³-hybridized carbons (Fsp3) is 0.714. The van der Waals surface area contributed by atoms with Crippen LogP contribution in [0.2, 0.25) is 0 Å². The summed E-state index contributed by atoms with van der Waals surface area (Å²) in [4.78, 5) is 0. The van der Waals surface area contributed by atoms with Crippen molar-refractivity contribution in [2.75, 3.05) is 13.2 Å². The summed E-state index contributed by atoms with van der Waals surface area (Å²) in [5.41, 5.74) is 1.16. The third-order valence-electron chi connectivity index (χ3n) is 2.16. The molecule has 0 aromatic heterocycles. The lowest BCUT2D eigenvalue weighted by Gasteiger charge is -2.17. The van der Waals surface area contributed by atoms with Crippen molar-refractivity contribution in [2.24, 2.45) is 5.92 Å². The first-order chi connectivity index (χ1) is 4.66. The third kappa shape index (κ3) is 1.21. The summed E-state index contributed by atoms with van der Waals surface area (Å²) in [7, 11) is 0. The molecule has 0 spiro atoms. The fourth-order valence-corrected chi connectivity index (χ4v) is 1.71. The summed E-state index contributed by atoms with van der Waals surface area (Å²) in [5.74, 6) is 0.377. The van der Waals surface area contributed by atoms with Crippen LogP contribution in [0.5, 0.6) is 0 Å². The number of hydrogen-bond acceptors (Lipinski definition) is 3. The quantitative estimate of drug-likeness (QED) is 0.434. The molecule has 1 aliphatic rings. The van der Waals surface area contributed by atoms with Gasteiger partial charge in [0.25, 0.3) is 0 Å². The average molecular weight is 159 g/mol. The van der Waals surface area contributed by atoms with Gasteiger partial charge in [-0.05, 0) is 5.92 Å². The van der Waals surface area contributed by atoms with Gasteiger partial charge in [-0.3, -0.25) is 0 Å². The molecule has 2 unspecified atom stereocenters. The molecule has 0 bridgehead atoms. The Balaban J connectivity index is 2.64. The van der Waals surface area contributed by atoms with Gasteiger partial charge in [-0.1, -0.05) is 31.9 Å². The Hall–Kier alpha value is 0.01000. The van der Waals surface area contributed by atoms with Gasteiger partial charge in [0.1, 0.15) is 0 Å². The molecule has 0 aromatic rings. The second-order valence-corrected chi connectivity index (χ2v) is 3.31. The molecule has 2 nitrogen and oxygen atoms in total. The molecule has 10 heavy (non-hydrogen) atoms. The average Bonchev–Trinajstić information content (AvgIpc) is 2.09. The monoisotopic (exact) mass is 159 g/mol. The highest BCUT2D eigenvalue weighted by Crippen LogP contribution is 2.28. The number of aliphatic hydroxyl groups excluding tert-OH is 1. The molecule has 1 N–H and O–H groups in total. The van der Waals surface area contributed by atoms with Gasteiger partial charge in [0.2, 0.25) is 0 Å². The molecular weight excluding hydrogens is 146 g/mol. The van der Waals surface area contributed by atoms with Crippen molar-refractivity contribution >= 4 is 12.8 Å². The number of aliphatic hydroxyl groups is 1. The van der Waals surface area contributed by atoms with Crippen LogP contribution < -0.4 is 0 Å². The van der Waals surface area contributed by atoms with Crippen molar-refractivity contribution in [3.63, 3.8) is 0 Å². The van der Waals surface area contributed by atoms with Gasteiger partial charge < -0.3 is 5.11 Å². The van der Waals surface area contributed by atoms with Crippen molar-refractivity contribution in [3.8, 4) is 0 Å². The van der Waals surface area contributed by atoms with Crippen LogP contribution in [-0.4, -0.2) is 28.6 Å². The van der Waals surface area contributed by atoms with Gasteiger partial charge in [-0.2, -0.15) is 0 Å². The highest BCUT2D eigenvalue weighted by molar-refractivity contribution is 7.77. The van der Waals surface area contributed by atoms with Crippen molar-refractivity contribution < 1.29 is 5.11 Å². The van der Waals surface area contributed by atoms with E-state index in [4.69, 9.17) is 5.11 Å². The Morgan fingerprint density at radius 2 is 2.50 bits per heavy atom. The van der Waals surface area contributed by atoms with E-state index in [-0.39, 0.29) is 12.6 Å². The number of nitrogens with zero attached hydrogens (tertiary/aromatic N) is 1. The minimum atomic E-state index is 0.163. The molecule has 1 fully saturated rings. The second kappa shape index (κ2) is 2.95. The van der Waals surface area contributed by atoms with Crippen molar-refractivity contribution in [1.82, 2.24) is 4.31 Å². The molecule has 0 amide bonds. The lowest BCUT2D eigenvalue weighted by Crippen LogP contribution is -2.27. The van der Waals surface area contributed by atoms with Gasteiger partial charge in [0, 0.05) is 12.6 Å². The van der Waals surface area contributed by atoms with Gasteiger partial charge in [-0.25, -0.2) is 4.31 Å². The minimum absolute atomic E-state index is 0.163. The molecule has 0 aromatic carbocycles. The van der Waals surface area contributed by atoms with E-state index in [0.717, 1.165) is 12.1 Å². The molecule has 2 atom stereocenters. The largest absolute Gasteiger partial charge is 0.395 e. The predicted octanol–water partition coefficient (Wildman–Crippen LogP) is 0.700. The second-order valence-electron chi connectivity index (χ2n) is 2.79. The highest BCUT2D eigenvalue weighted by Gasteiger charge is 2.31. The van der Waals surface area contributed by atoms with Crippen LogP contribution in [0.4, 0.5) is 0 Å². The number of hydrogen-bond donors (Lipinski definition) is 2. The number of thiol groups is 1. The van der Waals surface area contributed by atoms with Crippen LogP contribution in [0.15, 0.2) is 12.2 Å². The zero-order chi connectivity index (χ0) is 7.72. The zero-order valence-electron chi connectivity index (χ0n) is 6.12. The smallest absolute Gasteiger partial charge is 0.0602 e. The van der Waals surface area contributed by atoms with E-state index < -0.39 is 0 Å². The summed E-state index contributed by atoms with van der Waals surface area (Å²) < 4.78 is 1.84. The summed E-state index contributed by atoms with van der Waals surface area (Å²) >= 11 is 4.20. The molecule has 1 saturated heterocycles. The minimum Gasteiger partial charge on any atom is -0.395 e. The van der Waals surface area contributed by atoms with E-state index >= 15 is 0 Å². The van der Waals surface area contributed by atoms with Crippen LogP contribution in [0, 0.1) is 5.92 Å². The van der Waals surface area contributed by atoms with E-state index in [0.29, 0.717) is 5.92 Å². The Kier molecular flexibility index (Phi) is 2.39. The van der Waals surface area contributed by atoms with Crippen molar-refractivity contribution in [2.45, 2.75) is 13.0 Å². The summed E-state index contributed by atoms with van der Waals surface area (Å²) in [6, 6.07) is 0.163. The Morgan fingerprint density at radius 1 is 1.90 bits per heavy atom. The van der Waals surface area contributed by atoms with Gasteiger partial charge >= 0.3 is 0 Å². The molecule has 1 aliphatic heterocycles. The van der Waals surface area contributed by atoms with Crippen molar-refractivity contribution in [3.05, 3.63) is 12.2 Å². The first-order valence-electron chi connectivity index (χ1n) is 3.41. The standard InChI is InChI=1S/C7H13NOS/c1-5-3-8(10)7(4-9)6(5)2/h6-7,9-10H,1,3-4H2,2H3. The molecule has 0 aliphatic carbocycles. The zero-order valence-corrected chi connectivity index (χ0v) is 7.01. The molecule has 0 saturated carbocycles. The molecule has 0 radical (unpaired) electrons. The van der Waals surface area contributed by atoms with E-state index in [2.05, 4.69) is 26.3 Å². The highest BCUT2D eigenvalue weighted by atomic mass is 32.1. The molecule has 1 rings (SSSR count). The normalized spacial score (nSPS) is 35.3. The van der Waals surface area contributed by atoms with Gasteiger partial charge in [0.15, 0.2) is 0 Å². The van der Waals surface area contributed by atoms with Gasteiger partial charge in [-0.15, -0.1) is 0 Å². The summed E-state index contributed by atoms with van der Waals surface area (Å²) in [6.45, 7) is 6.92. The predicted molar refractivity (Wildman–Crippen MR) is 44.9 cm³/mol. The number of rotatable bonds is 1. The van der Waals surface area contributed by atoms with Crippen LogP contribution in [0.3, 0.4) is 0 Å². The maximum absolute atomic E-state index is 8.89. The molecule has 1 heterocycles. The maximum Gasteiger partial charge on any atom is 0.0602 e. The third-order valence-corrected chi connectivity index (χ3v) is 2.59. The Bertz CT molecular complexity index is 149. The topological polar surface area (TPSA) is 23.5 Å². The lowest BCUT2D eigenvalue weighted by atomic mass is 10.0. The Labute approximate surface area is 67.1 Å². The van der Waals surface area contributed by atoms with Crippen molar-refractivity contribution in [1.29, 1.82) is 0 Å². The van der Waals surface area contributed by atoms with Crippen LogP contribution in [0.25, 0.3) is 0 Å². The van der Waals surface area contributed by atoms with E-state index in [1.807, 2.05) is 4.31 Å². The van der Waals surface area contributed by atoms with E-state index in [1.165, 1.54) is 0 Å². The fourth-order valence-electron chi connectivity index (χ4n) is 1.25. The molecular formula is C7H13NOS.